The van der Waals surface area contributed by atoms with Crippen molar-refractivity contribution in [1.29, 1.82) is 0 Å². The average molecular weight is 211 g/mol. The molecule has 0 radical (unpaired) electrons. The summed E-state index contributed by atoms with van der Waals surface area (Å²) in [5, 5.41) is 35.2. The van der Waals surface area contributed by atoms with Crippen molar-refractivity contribution in [2.45, 2.75) is 18.8 Å². The monoisotopic (exact) mass is 211 g/mol. The van der Waals surface area contributed by atoms with E-state index in [1.807, 2.05) is 0 Å². The number of β-amino-alcohol motifs (C(OH)–C–C–N with tert-alkyl or cyclic N) is 2. The van der Waals surface area contributed by atoms with E-state index < -0.39 is 12.2 Å². The maximum absolute atomic E-state index is 9.35. The SMILES string of the molecule is OCc1ccc(N2CC(O)C(O)C2)nn1. The summed E-state index contributed by atoms with van der Waals surface area (Å²) in [6.45, 7) is 0.571. The Hall–Kier alpha value is -1.24. The number of rotatable bonds is 2. The molecule has 6 nitrogen and oxygen atoms in total. The van der Waals surface area contributed by atoms with Gasteiger partial charge in [-0.2, -0.15) is 5.10 Å². The molecular formula is C9H13N3O3. The van der Waals surface area contributed by atoms with Gasteiger partial charge in [0.1, 0.15) is 0 Å². The molecule has 0 bridgehead atoms. The lowest BCUT2D eigenvalue weighted by Crippen LogP contribution is -2.22. The Kier molecular flexibility index (Phi) is 2.81. The summed E-state index contributed by atoms with van der Waals surface area (Å²) < 4.78 is 0. The number of aliphatic hydroxyl groups excluding tert-OH is 3. The minimum atomic E-state index is -0.732. The Labute approximate surface area is 86.8 Å². The molecule has 2 atom stereocenters. The minimum Gasteiger partial charge on any atom is -0.390 e. The highest BCUT2D eigenvalue weighted by atomic mass is 16.3. The Morgan fingerprint density at radius 1 is 1.20 bits per heavy atom. The molecule has 1 aromatic heterocycles. The van der Waals surface area contributed by atoms with Crippen LogP contribution < -0.4 is 4.90 Å². The van der Waals surface area contributed by atoms with Gasteiger partial charge in [0.05, 0.1) is 24.5 Å². The van der Waals surface area contributed by atoms with Gasteiger partial charge in [0.25, 0.3) is 0 Å². The lowest BCUT2D eigenvalue weighted by molar-refractivity contribution is 0.0572. The normalized spacial score (nSPS) is 25.9. The van der Waals surface area contributed by atoms with Gasteiger partial charge in [-0.3, -0.25) is 0 Å². The quantitative estimate of drug-likeness (QED) is 0.552. The van der Waals surface area contributed by atoms with Crippen molar-refractivity contribution in [3.8, 4) is 0 Å². The predicted molar refractivity (Wildman–Crippen MR) is 52.2 cm³/mol. The van der Waals surface area contributed by atoms with Gasteiger partial charge >= 0.3 is 0 Å². The molecule has 0 saturated carbocycles. The molecule has 0 aromatic carbocycles. The van der Waals surface area contributed by atoms with Crippen LogP contribution in [0.4, 0.5) is 5.82 Å². The summed E-state index contributed by atoms with van der Waals surface area (Å²) in [7, 11) is 0. The first-order chi connectivity index (χ1) is 7.20. The van der Waals surface area contributed by atoms with Gasteiger partial charge in [-0.25, -0.2) is 0 Å². The Bertz CT molecular complexity index is 320. The Balaban J connectivity index is 2.10. The number of nitrogens with zero attached hydrogens (tertiary/aromatic N) is 3. The molecule has 3 N–H and O–H groups in total. The van der Waals surface area contributed by atoms with Crippen molar-refractivity contribution in [2.24, 2.45) is 0 Å². The van der Waals surface area contributed by atoms with Crippen LogP contribution in [-0.2, 0) is 6.61 Å². The summed E-state index contributed by atoms with van der Waals surface area (Å²) in [4.78, 5) is 1.75. The number of anilines is 1. The van der Waals surface area contributed by atoms with Gasteiger partial charge in [0.2, 0.25) is 0 Å². The van der Waals surface area contributed by atoms with Gasteiger partial charge < -0.3 is 20.2 Å². The first-order valence-electron chi connectivity index (χ1n) is 4.75. The molecule has 1 fully saturated rings. The van der Waals surface area contributed by atoms with Crippen LogP contribution in [0.2, 0.25) is 0 Å². The third-order valence-electron chi connectivity index (χ3n) is 2.45. The molecule has 6 heteroatoms. The summed E-state index contributed by atoms with van der Waals surface area (Å²) >= 11 is 0. The van der Waals surface area contributed by atoms with Gasteiger partial charge in [0.15, 0.2) is 5.82 Å². The lowest BCUT2D eigenvalue weighted by Gasteiger charge is -2.15. The summed E-state index contributed by atoms with van der Waals surface area (Å²) in [6.07, 6.45) is -1.46. The number of hydrogen-bond donors (Lipinski definition) is 3. The molecule has 0 spiro atoms. The average Bonchev–Trinajstić information content (AvgIpc) is 2.59. The van der Waals surface area contributed by atoms with E-state index in [2.05, 4.69) is 10.2 Å². The molecule has 0 amide bonds. The zero-order valence-electron chi connectivity index (χ0n) is 8.11. The van der Waals surface area contributed by atoms with Crippen LogP contribution in [0, 0.1) is 0 Å². The van der Waals surface area contributed by atoms with Crippen LogP contribution >= 0.6 is 0 Å². The van der Waals surface area contributed by atoms with E-state index >= 15 is 0 Å². The van der Waals surface area contributed by atoms with Gasteiger partial charge in [-0.1, -0.05) is 0 Å². The van der Waals surface area contributed by atoms with Crippen molar-refractivity contribution in [1.82, 2.24) is 10.2 Å². The fourth-order valence-electron chi connectivity index (χ4n) is 1.56. The first kappa shape index (κ1) is 10.3. The second kappa shape index (κ2) is 4.09. The molecule has 15 heavy (non-hydrogen) atoms. The van der Waals surface area contributed by atoms with E-state index in [0.29, 0.717) is 24.6 Å². The first-order valence-corrected chi connectivity index (χ1v) is 4.75. The zero-order chi connectivity index (χ0) is 10.8. The van der Waals surface area contributed by atoms with Gasteiger partial charge in [0, 0.05) is 13.1 Å². The highest BCUT2D eigenvalue weighted by Gasteiger charge is 2.30. The second-order valence-corrected chi connectivity index (χ2v) is 3.58. The standard InChI is InChI=1S/C9H13N3O3/c13-5-6-1-2-9(11-10-6)12-3-7(14)8(15)4-12/h1-2,7-8,13-15H,3-5H2. The lowest BCUT2D eigenvalue weighted by atomic mass is 10.3. The van der Waals surface area contributed by atoms with Gasteiger partial charge in [-0.15, -0.1) is 5.10 Å². The summed E-state index contributed by atoms with van der Waals surface area (Å²) in [6, 6.07) is 3.38. The summed E-state index contributed by atoms with van der Waals surface area (Å²) in [5.74, 6) is 0.600. The molecular weight excluding hydrogens is 198 g/mol. The molecule has 1 aliphatic heterocycles. The molecule has 2 unspecified atom stereocenters. The van der Waals surface area contributed by atoms with E-state index in [-0.39, 0.29) is 6.61 Å². The number of aromatic nitrogens is 2. The maximum atomic E-state index is 9.35. The fraction of sp³-hybridized carbons (Fsp3) is 0.556. The van der Waals surface area contributed by atoms with Crippen LogP contribution in [0.1, 0.15) is 5.69 Å². The number of hydrogen-bond acceptors (Lipinski definition) is 6. The van der Waals surface area contributed by atoms with Crippen molar-refractivity contribution < 1.29 is 15.3 Å². The molecule has 0 aliphatic carbocycles. The number of aliphatic hydroxyl groups is 3. The second-order valence-electron chi connectivity index (χ2n) is 3.58. The smallest absolute Gasteiger partial charge is 0.151 e. The Morgan fingerprint density at radius 2 is 1.87 bits per heavy atom. The van der Waals surface area contributed by atoms with Crippen LogP contribution in [0.5, 0.6) is 0 Å². The molecule has 1 saturated heterocycles. The largest absolute Gasteiger partial charge is 0.390 e. The van der Waals surface area contributed by atoms with Crippen molar-refractivity contribution in [3.05, 3.63) is 17.8 Å². The molecule has 2 rings (SSSR count). The Morgan fingerprint density at radius 3 is 2.33 bits per heavy atom. The van der Waals surface area contributed by atoms with E-state index in [0.717, 1.165) is 0 Å². The maximum Gasteiger partial charge on any atom is 0.151 e. The fourth-order valence-corrected chi connectivity index (χ4v) is 1.56. The zero-order valence-corrected chi connectivity index (χ0v) is 8.11. The topological polar surface area (TPSA) is 89.7 Å². The highest BCUT2D eigenvalue weighted by molar-refractivity contribution is 5.39. The van der Waals surface area contributed by atoms with Crippen LogP contribution in [0.3, 0.4) is 0 Å². The molecule has 1 aromatic rings. The molecule has 1 aliphatic rings. The summed E-state index contributed by atoms with van der Waals surface area (Å²) in [5.41, 5.74) is 0.499. The molecule has 82 valence electrons. The third kappa shape index (κ3) is 2.06. The minimum absolute atomic E-state index is 0.140. The van der Waals surface area contributed by atoms with Crippen molar-refractivity contribution in [3.63, 3.8) is 0 Å². The molecule has 2 heterocycles. The van der Waals surface area contributed by atoms with Crippen LogP contribution in [0.15, 0.2) is 12.1 Å². The van der Waals surface area contributed by atoms with Gasteiger partial charge in [-0.05, 0) is 12.1 Å². The van der Waals surface area contributed by atoms with E-state index in [9.17, 15) is 10.2 Å². The predicted octanol–water partition coefficient (Wildman–Crippen LogP) is -1.49. The van der Waals surface area contributed by atoms with E-state index in [4.69, 9.17) is 5.11 Å². The third-order valence-corrected chi connectivity index (χ3v) is 2.45. The van der Waals surface area contributed by atoms with E-state index in [1.54, 1.807) is 17.0 Å². The van der Waals surface area contributed by atoms with Crippen LogP contribution in [0.25, 0.3) is 0 Å². The van der Waals surface area contributed by atoms with Crippen LogP contribution in [-0.4, -0.2) is 50.8 Å². The van der Waals surface area contributed by atoms with Crippen molar-refractivity contribution >= 4 is 5.82 Å². The van der Waals surface area contributed by atoms with E-state index in [1.165, 1.54) is 0 Å². The highest BCUT2D eigenvalue weighted by Crippen LogP contribution is 2.17. The van der Waals surface area contributed by atoms with Crippen molar-refractivity contribution in [2.75, 3.05) is 18.0 Å².